The monoisotopic (exact) mass is 293 g/mol. The lowest BCUT2D eigenvalue weighted by atomic mass is 10.1. The molecule has 0 bridgehead atoms. The van der Waals surface area contributed by atoms with Gasteiger partial charge in [-0.25, -0.2) is 0 Å². The molecule has 0 aliphatic heterocycles. The Balaban J connectivity index is 3.13. The Morgan fingerprint density at radius 3 is 2.16 bits per heavy atom. The van der Waals surface area contributed by atoms with E-state index in [4.69, 9.17) is 21.7 Å². The Morgan fingerprint density at radius 2 is 1.79 bits per heavy atom. The van der Waals surface area contributed by atoms with E-state index < -0.39 is 16.9 Å². The van der Waals surface area contributed by atoms with Gasteiger partial charge in [0.25, 0.3) is 0 Å². The largest absolute Gasteiger partial charge is 0.497 e. The molecule has 0 saturated carbocycles. The van der Waals surface area contributed by atoms with Crippen LogP contribution in [0.2, 0.25) is 0 Å². The predicted molar refractivity (Wildman–Crippen MR) is 66.6 cm³/mol. The Hall–Kier alpha value is -1.53. The van der Waals surface area contributed by atoms with Gasteiger partial charge in [-0.05, 0) is 24.3 Å². The van der Waals surface area contributed by atoms with E-state index in [0.717, 1.165) is 5.32 Å². The van der Waals surface area contributed by atoms with Crippen LogP contribution < -0.4 is 10.1 Å². The molecule has 0 heterocycles. The van der Waals surface area contributed by atoms with Gasteiger partial charge in [0.1, 0.15) is 10.8 Å². The van der Waals surface area contributed by atoms with E-state index in [9.17, 15) is 13.2 Å². The minimum Gasteiger partial charge on any atom is -0.497 e. The number of quaternary nitrogens is 1. The molecule has 1 aromatic rings. The second-order valence-electron chi connectivity index (χ2n) is 3.62. The van der Waals surface area contributed by atoms with E-state index in [1.165, 1.54) is 26.3 Å². The smallest absolute Gasteiger partial charge is 0.468 e. The third kappa shape index (κ3) is 3.71. The fourth-order valence-electron chi connectivity index (χ4n) is 1.43. The second kappa shape index (κ2) is 6.08. The molecule has 3 N–H and O–H groups in total. The quantitative estimate of drug-likeness (QED) is 0.822. The van der Waals surface area contributed by atoms with E-state index in [-0.39, 0.29) is 11.3 Å². The summed E-state index contributed by atoms with van der Waals surface area (Å²) in [6.45, 7) is 0. The number of halogens is 4. The summed E-state index contributed by atoms with van der Waals surface area (Å²) >= 11 is 5.66. The van der Waals surface area contributed by atoms with E-state index in [1.807, 2.05) is 0 Å². The maximum absolute atomic E-state index is 12.7. The van der Waals surface area contributed by atoms with Crippen LogP contribution in [-0.2, 0) is 0 Å². The van der Waals surface area contributed by atoms with Crippen LogP contribution in [0.25, 0.3) is 0 Å². The molecule has 0 spiro atoms. The number of benzene rings is 1. The van der Waals surface area contributed by atoms with E-state index in [1.54, 1.807) is 12.1 Å². The number of nitrogens with two attached hydrogens (primary N) is 1. The summed E-state index contributed by atoms with van der Waals surface area (Å²) in [5, 5.41) is 7.95. The number of nitrogens with one attached hydrogen (secondary N) is 1. The Kier molecular flexibility index (Phi) is 4.97. The first-order valence-corrected chi connectivity index (χ1v) is 5.68. The maximum atomic E-state index is 12.7. The van der Waals surface area contributed by atoms with Gasteiger partial charge >= 0.3 is 6.18 Å². The molecular formula is C12H13ClF3N2O+. The summed E-state index contributed by atoms with van der Waals surface area (Å²) in [7, 11) is 2.70. The number of rotatable bonds is 4. The molecule has 0 radical (unpaired) electrons. The minimum atomic E-state index is -4.58. The van der Waals surface area contributed by atoms with Gasteiger partial charge in [0, 0.05) is 5.56 Å². The van der Waals surface area contributed by atoms with Crippen molar-refractivity contribution in [1.82, 2.24) is 0 Å². The van der Waals surface area contributed by atoms with Gasteiger partial charge in [-0.15, -0.1) is 0 Å². The molecule has 3 nitrogen and oxygen atoms in total. The van der Waals surface area contributed by atoms with Gasteiger partial charge < -0.3 is 10.1 Å². The van der Waals surface area contributed by atoms with E-state index in [2.05, 4.69) is 0 Å². The molecule has 0 saturated heterocycles. The topological polar surface area (TPSA) is 49.7 Å². The Bertz CT molecular complexity index is 495. The van der Waals surface area contributed by atoms with Crippen LogP contribution in [0.15, 0.2) is 35.0 Å². The molecule has 0 amide bonds. The first-order chi connectivity index (χ1) is 8.81. The highest BCUT2D eigenvalue weighted by Crippen LogP contribution is 2.27. The minimum absolute atomic E-state index is 0.286. The van der Waals surface area contributed by atoms with Crippen LogP contribution in [-0.4, -0.2) is 26.0 Å². The van der Waals surface area contributed by atoms with Crippen molar-refractivity contribution >= 4 is 17.3 Å². The third-order valence-electron chi connectivity index (χ3n) is 2.43. The summed E-state index contributed by atoms with van der Waals surface area (Å²) < 4.78 is 43.0. The van der Waals surface area contributed by atoms with Crippen molar-refractivity contribution in [3.8, 4) is 5.75 Å². The highest BCUT2D eigenvalue weighted by molar-refractivity contribution is 6.46. The van der Waals surface area contributed by atoms with Crippen molar-refractivity contribution in [2.75, 3.05) is 14.2 Å². The predicted octanol–water partition coefficient (Wildman–Crippen LogP) is 2.27. The van der Waals surface area contributed by atoms with Gasteiger partial charge in [0.05, 0.1) is 19.9 Å². The van der Waals surface area contributed by atoms with Crippen LogP contribution in [0, 0.1) is 5.41 Å². The number of methoxy groups -OCH3 is 1. The van der Waals surface area contributed by atoms with Crippen LogP contribution in [0.3, 0.4) is 0 Å². The summed E-state index contributed by atoms with van der Waals surface area (Å²) in [4.78, 5) is 0. The third-order valence-corrected chi connectivity index (χ3v) is 2.82. The Labute approximate surface area is 113 Å². The zero-order chi connectivity index (χ0) is 14.6. The molecule has 0 fully saturated rings. The second-order valence-corrected chi connectivity index (χ2v) is 4.00. The van der Waals surface area contributed by atoms with Crippen LogP contribution in [0.1, 0.15) is 5.56 Å². The van der Waals surface area contributed by atoms with Crippen molar-refractivity contribution in [3.63, 3.8) is 0 Å². The van der Waals surface area contributed by atoms with Gasteiger partial charge in [-0.3, -0.25) is 5.41 Å². The molecule has 1 rings (SSSR count). The van der Waals surface area contributed by atoms with Crippen molar-refractivity contribution in [2.24, 2.45) is 0 Å². The van der Waals surface area contributed by atoms with E-state index >= 15 is 0 Å². The summed E-state index contributed by atoms with van der Waals surface area (Å²) in [5.41, 5.74) is -1.11. The van der Waals surface area contributed by atoms with E-state index in [0.29, 0.717) is 5.75 Å². The molecule has 0 aliphatic rings. The average molecular weight is 294 g/mol. The first-order valence-electron chi connectivity index (χ1n) is 5.31. The summed E-state index contributed by atoms with van der Waals surface area (Å²) in [5.74, 6) is 0.551. The van der Waals surface area contributed by atoms with Gasteiger partial charge in [0.15, 0.2) is 0 Å². The number of allylic oxidation sites excluding steroid dienone is 2. The lowest BCUT2D eigenvalue weighted by molar-refractivity contribution is -0.598. The van der Waals surface area contributed by atoms with Gasteiger partial charge in [-0.2, -0.15) is 13.2 Å². The maximum Gasteiger partial charge on any atom is 0.468 e. The molecule has 0 unspecified atom stereocenters. The highest BCUT2D eigenvalue weighted by atomic mass is 35.5. The van der Waals surface area contributed by atoms with Gasteiger partial charge in [0.2, 0.25) is 5.70 Å². The van der Waals surface area contributed by atoms with Crippen LogP contribution in [0.4, 0.5) is 13.2 Å². The molecule has 1 aromatic carbocycles. The summed E-state index contributed by atoms with van der Waals surface area (Å²) in [6, 6.07) is 6.06. The fourth-order valence-corrected chi connectivity index (χ4v) is 1.76. The zero-order valence-corrected chi connectivity index (χ0v) is 11.1. The number of hydrogen-bond donors (Lipinski definition) is 2. The standard InChI is InChI=1S/C12H12ClF3N2O/c1-18-11(12(14,15)16)9(13)10(17)7-3-5-8(19-2)6-4-7/h3-6,17-18H,1-2H3/p+1. The summed E-state index contributed by atoms with van der Waals surface area (Å²) in [6.07, 6.45) is -4.58. The van der Waals surface area contributed by atoms with Crippen molar-refractivity contribution in [1.29, 1.82) is 5.41 Å². The average Bonchev–Trinajstić information content (AvgIpc) is 2.37. The zero-order valence-electron chi connectivity index (χ0n) is 10.3. The van der Waals surface area contributed by atoms with Crippen LogP contribution >= 0.6 is 11.6 Å². The van der Waals surface area contributed by atoms with Crippen molar-refractivity contribution < 1.29 is 23.2 Å². The lowest BCUT2D eigenvalue weighted by Crippen LogP contribution is -2.80. The molecule has 0 aliphatic carbocycles. The fraction of sp³-hybridized carbons (Fsp3) is 0.250. The molecule has 0 atom stereocenters. The SMILES string of the molecule is C[NH2+]C(=C(Cl)C(=N)c1ccc(OC)cc1)C(F)(F)F. The number of ether oxygens (including phenoxy) is 1. The van der Waals surface area contributed by atoms with Crippen molar-refractivity contribution in [2.45, 2.75) is 6.18 Å². The highest BCUT2D eigenvalue weighted by Gasteiger charge is 2.40. The first kappa shape index (κ1) is 15.5. The molecular weight excluding hydrogens is 281 g/mol. The number of alkyl halides is 3. The lowest BCUT2D eigenvalue weighted by Gasteiger charge is -2.10. The number of hydrogen-bond acceptors (Lipinski definition) is 2. The Morgan fingerprint density at radius 1 is 1.26 bits per heavy atom. The molecule has 7 heteroatoms. The molecule has 104 valence electrons. The molecule has 19 heavy (non-hydrogen) atoms. The molecule has 0 aromatic heterocycles. The van der Waals surface area contributed by atoms with Crippen LogP contribution in [0.5, 0.6) is 5.75 Å². The van der Waals surface area contributed by atoms with Crippen molar-refractivity contribution in [3.05, 3.63) is 40.6 Å². The van der Waals surface area contributed by atoms with Gasteiger partial charge in [-0.1, -0.05) is 11.6 Å². The normalized spacial score (nSPS) is 12.9.